The van der Waals surface area contributed by atoms with E-state index in [1.54, 1.807) is 16.7 Å². The second kappa shape index (κ2) is 5.32. The Balaban J connectivity index is 1.91. The van der Waals surface area contributed by atoms with E-state index in [1.165, 1.54) is 12.1 Å². The number of hydrogen-bond donors (Lipinski definition) is 1. The molecule has 0 amide bonds. The molecule has 0 bridgehead atoms. The predicted octanol–water partition coefficient (Wildman–Crippen LogP) is 1.73. The van der Waals surface area contributed by atoms with Crippen molar-refractivity contribution in [3.63, 3.8) is 0 Å². The summed E-state index contributed by atoms with van der Waals surface area (Å²) in [6.07, 6.45) is 2.74. The van der Waals surface area contributed by atoms with E-state index in [-0.39, 0.29) is 23.6 Å². The number of nitro benzene ring substituents is 1. The smallest absolute Gasteiger partial charge is 0.280 e. The fraction of sp³-hybridized carbons (Fsp3) is 0.200. The Kier molecular flexibility index (Phi) is 3.35. The largest absolute Gasteiger partial charge is 0.289 e. The number of benzene rings is 1. The first kappa shape index (κ1) is 13.2. The molecule has 1 N–H and O–H groups in total. The van der Waals surface area contributed by atoms with E-state index in [1.807, 2.05) is 18.3 Å². The first-order chi connectivity index (χ1) is 10.2. The molecule has 1 aliphatic rings. The molecule has 0 saturated carbocycles. The third-order valence-corrected chi connectivity index (χ3v) is 3.56. The molecule has 3 rings (SSSR count). The van der Waals surface area contributed by atoms with Crippen molar-refractivity contribution < 1.29 is 14.3 Å². The normalized spacial score (nSPS) is 12.6. The summed E-state index contributed by atoms with van der Waals surface area (Å²) in [6.45, 7) is 0.931. The minimum absolute atomic E-state index is 0.0844. The highest BCUT2D eigenvalue weighted by atomic mass is 16.6. The average Bonchev–Trinajstić information content (AvgIpc) is 2.96. The minimum Gasteiger partial charge on any atom is -0.289 e. The maximum absolute atomic E-state index is 12.4. The lowest BCUT2D eigenvalue weighted by Gasteiger charge is -2.05. The summed E-state index contributed by atoms with van der Waals surface area (Å²) >= 11 is 0. The summed E-state index contributed by atoms with van der Waals surface area (Å²) < 4.78 is 1.81. The second-order valence-electron chi connectivity index (χ2n) is 4.88. The molecule has 21 heavy (non-hydrogen) atoms. The summed E-state index contributed by atoms with van der Waals surface area (Å²) in [7, 11) is 0. The fourth-order valence-corrected chi connectivity index (χ4v) is 2.57. The van der Waals surface area contributed by atoms with Crippen molar-refractivity contribution in [2.24, 2.45) is 0 Å². The van der Waals surface area contributed by atoms with Crippen LogP contribution < -0.4 is 9.88 Å². The van der Waals surface area contributed by atoms with Crippen LogP contribution in [-0.4, -0.2) is 17.3 Å². The number of nitrogens with zero attached hydrogens (tertiary/aromatic N) is 2. The van der Waals surface area contributed by atoms with Crippen LogP contribution >= 0.6 is 0 Å². The molecule has 1 aliphatic heterocycles. The standard InChI is InChI=1S/C15H13N3O3/c19-14(12-5-1-2-6-13(12)18(20)21)10-17-9-3-4-11-7-8-16-15(11)17/h1-6,9H,7-8,10H2/p+1. The molecule has 0 radical (unpaired) electrons. The molecule has 6 nitrogen and oxygen atoms in total. The van der Waals surface area contributed by atoms with Crippen LogP contribution in [0, 0.1) is 10.1 Å². The Hall–Kier alpha value is -2.76. The van der Waals surface area contributed by atoms with Crippen LogP contribution in [0.2, 0.25) is 0 Å². The van der Waals surface area contributed by atoms with Crippen LogP contribution in [0.3, 0.4) is 0 Å². The highest BCUT2D eigenvalue weighted by Crippen LogP contribution is 2.20. The topological polar surface area (TPSA) is 76.1 Å². The molecule has 0 fully saturated rings. The van der Waals surface area contributed by atoms with Gasteiger partial charge in [-0.2, -0.15) is 0 Å². The lowest BCUT2D eigenvalue weighted by molar-refractivity contribution is -0.669. The van der Waals surface area contributed by atoms with E-state index in [9.17, 15) is 14.9 Å². The molecule has 0 saturated heterocycles. The Labute approximate surface area is 121 Å². The van der Waals surface area contributed by atoms with Gasteiger partial charge in [0.05, 0.1) is 23.2 Å². The molecule has 6 heteroatoms. The lowest BCUT2D eigenvalue weighted by atomic mass is 10.1. The van der Waals surface area contributed by atoms with Gasteiger partial charge in [-0.3, -0.25) is 20.2 Å². The van der Waals surface area contributed by atoms with Gasteiger partial charge in [0.2, 0.25) is 5.78 Å². The molecule has 2 heterocycles. The highest BCUT2D eigenvalue weighted by molar-refractivity contribution is 5.98. The monoisotopic (exact) mass is 284 g/mol. The van der Waals surface area contributed by atoms with Gasteiger partial charge in [-0.1, -0.05) is 12.1 Å². The summed E-state index contributed by atoms with van der Waals surface area (Å²) in [5.41, 5.74) is 1.15. The van der Waals surface area contributed by atoms with Gasteiger partial charge in [0.1, 0.15) is 0 Å². The number of hydrogen-bond acceptors (Lipinski definition) is 4. The Morgan fingerprint density at radius 2 is 2.10 bits per heavy atom. The quantitative estimate of drug-likeness (QED) is 0.401. The van der Waals surface area contributed by atoms with Gasteiger partial charge in [0, 0.05) is 18.1 Å². The van der Waals surface area contributed by atoms with Crippen LogP contribution in [0.25, 0.3) is 0 Å². The van der Waals surface area contributed by atoms with E-state index in [0.717, 1.165) is 24.3 Å². The first-order valence-corrected chi connectivity index (χ1v) is 6.68. The van der Waals surface area contributed by atoms with Gasteiger partial charge < -0.3 is 0 Å². The number of para-hydroxylation sites is 1. The van der Waals surface area contributed by atoms with Crippen molar-refractivity contribution in [1.29, 1.82) is 0 Å². The van der Waals surface area contributed by atoms with E-state index < -0.39 is 4.92 Å². The highest BCUT2D eigenvalue weighted by Gasteiger charge is 2.25. The van der Waals surface area contributed by atoms with E-state index in [0.29, 0.717) is 0 Å². The zero-order valence-electron chi connectivity index (χ0n) is 11.3. The van der Waals surface area contributed by atoms with Crippen molar-refractivity contribution in [2.45, 2.75) is 13.0 Å². The Morgan fingerprint density at radius 3 is 2.90 bits per heavy atom. The molecule has 0 spiro atoms. The third kappa shape index (κ3) is 2.47. The van der Waals surface area contributed by atoms with Gasteiger partial charge in [-0.05, 0) is 18.2 Å². The van der Waals surface area contributed by atoms with Gasteiger partial charge in [-0.15, -0.1) is 0 Å². The summed E-state index contributed by atoms with van der Waals surface area (Å²) in [5.74, 6) is 0.652. The molecule has 0 unspecified atom stereocenters. The number of ketones is 1. The summed E-state index contributed by atoms with van der Waals surface area (Å²) in [6, 6.07) is 9.95. The van der Waals surface area contributed by atoms with Crippen LogP contribution in [0.1, 0.15) is 15.9 Å². The maximum atomic E-state index is 12.4. The number of nitro groups is 1. The molecule has 0 atom stereocenters. The number of fused-ring (bicyclic) bond motifs is 1. The number of anilines is 1. The van der Waals surface area contributed by atoms with Crippen molar-refractivity contribution in [2.75, 3.05) is 11.9 Å². The van der Waals surface area contributed by atoms with E-state index in [4.69, 9.17) is 0 Å². The molecule has 106 valence electrons. The second-order valence-corrected chi connectivity index (χ2v) is 4.88. The molecule has 1 aromatic carbocycles. The number of aromatic nitrogens is 1. The fourth-order valence-electron chi connectivity index (χ4n) is 2.57. The Bertz CT molecular complexity index is 728. The number of carbonyl (C=O) groups excluding carboxylic acids is 1. The minimum atomic E-state index is -0.522. The van der Waals surface area contributed by atoms with Crippen molar-refractivity contribution in [3.05, 3.63) is 63.8 Å². The SMILES string of the molecule is O=C(C[n+]1cccc2c1NCC2)c1ccccc1[N+](=O)[O-]. The van der Waals surface area contributed by atoms with Gasteiger partial charge in [0.25, 0.3) is 11.5 Å². The molecular formula is C15H14N3O3+. The van der Waals surface area contributed by atoms with Crippen molar-refractivity contribution in [1.82, 2.24) is 0 Å². The van der Waals surface area contributed by atoms with Crippen LogP contribution in [-0.2, 0) is 13.0 Å². The van der Waals surface area contributed by atoms with Gasteiger partial charge >= 0.3 is 0 Å². The zero-order valence-corrected chi connectivity index (χ0v) is 11.3. The number of carbonyl (C=O) groups is 1. The van der Waals surface area contributed by atoms with Crippen LogP contribution in [0.5, 0.6) is 0 Å². The maximum Gasteiger partial charge on any atom is 0.280 e. The number of pyridine rings is 1. The Morgan fingerprint density at radius 1 is 1.29 bits per heavy atom. The summed E-state index contributed by atoms with van der Waals surface area (Å²) in [5, 5.41) is 14.2. The third-order valence-electron chi connectivity index (χ3n) is 3.56. The van der Waals surface area contributed by atoms with E-state index in [2.05, 4.69) is 5.32 Å². The van der Waals surface area contributed by atoms with Crippen molar-refractivity contribution in [3.8, 4) is 0 Å². The molecular weight excluding hydrogens is 270 g/mol. The van der Waals surface area contributed by atoms with Crippen molar-refractivity contribution >= 4 is 17.3 Å². The van der Waals surface area contributed by atoms with Crippen LogP contribution in [0.15, 0.2) is 42.6 Å². The van der Waals surface area contributed by atoms with E-state index >= 15 is 0 Å². The molecule has 0 aliphatic carbocycles. The predicted molar refractivity (Wildman–Crippen MR) is 76.3 cm³/mol. The lowest BCUT2D eigenvalue weighted by Crippen LogP contribution is -2.40. The first-order valence-electron chi connectivity index (χ1n) is 6.68. The number of rotatable bonds is 4. The number of Topliss-reactive ketones (excluding diaryl/α,β-unsaturated/α-hetero) is 1. The average molecular weight is 284 g/mol. The zero-order chi connectivity index (χ0) is 14.8. The summed E-state index contributed by atoms with van der Waals surface area (Å²) in [4.78, 5) is 22.9. The molecule has 2 aromatic rings. The van der Waals surface area contributed by atoms with Gasteiger partial charge in [0.15, 0.2) is 6.54 Å². The number of nitrogens with one attached hydrogen (secondary N) is 1. The van der Waals surface area contributed by atoms with Crippen LogP contribution in [0.4, 0.5) is 11.5 Å². The molecule has 1 aromatic heterocycles. The van der Waals surface area contributed by atoms with Gasteiger partial charge in [-0.25, -0.2) is 4.57 Å².